The van der Waals surface area contributed by atoms with E-state index in [0.29, 0.717) is 24.2 Å². The largest absolute Gasteiger partial charge is 0.399 e. The lowest BCUT2D eigenvalue weighted by atomic mass is 9.90. The summed E-state index contributed by atoms with van der Waals surface area (Å²) in [5, 5.41) is 6.97. The maximum atomic E-state index is 14.4. The van der Waals surface area contributed by atoms with Crippen LogP contribution in [0.2, 0.25) is 0 Å². The summed E-state index contributed by atoms with van der Waals surface area (Å²) >= 11 is 3.49. The molecule has 0 bridgehead atoms. The van der Waals surface area contributed by atoms with Crippen molar-refractivity contribution < 1.29 is 13.9 Å². The number of aromatic nitrogens is 1. The predicted molar refractivity (Wildman–Crippen MR) is 137 cm³/mol. The lowest BCUT2D eigenvalue weighted by Gasteiger charge is -2.32. The number of hydrogen-bond acceptors (Lipinski definition) is 5. The molecule has 182 valence electrons. The molecule has 1 aromatic heterocycles. The van der Waals surface area contributed by atoms with E-state index in [9.17, 15) is 9.18 Å². The molecule has 3 N–H and O–H groups in total. The fraction of sp³-hybridized carbons (Fsp3) is 0.308. The van der Waals surface area contributed by atoms with Crippen molar-refractivity contribution in [3.8, 4) is 0 Å². The van der Waals surface area contributed by atoms with Crippen LogP contribution in [0.1, 0.15) is 25.0 Å². The van der Waals surface area contributed by atoms with E-state index in [4.69, 9.17) is 15.6 Å². The molecule has 35 heavy (non-hydrogen) atoms. The highest BCUT2D eigenvalue weighted by atomic mass is 79.9. The number of halogens is 2. The van der Waals surface area contributed by atoms with E-state index in [1.54, 1.807) is 24.0 Å². The molecule has 2 aromatic carbocycles. The van der Waals surface area contributed by atoms with Crippen LogP contribution in [0.25, 0.3) is 0 Å². The Bertz CT molecular complexity index is 1250. The van der Waals surface area contributed by atoms with E-state index in [0.717, 1.165) is 21.4 Å². The van der Waals surface area contributed by atoms with Gasteiger partial charge in [-0.25, -0.2) is 4.39 Å². The molecular weight excluding hydrogens is 513 g/mol. The SMILES string of the molecule is CC1C([C@H]2O[C@H](C)C(=O)N2CCc2ccc(N)cc2F)C(c2cc[nH]c2)=NN1c1ccc(Br)cc1. The molecule has 1 saturated heterocycles. The number of H-pyrrole nitrogens is 1. The Kier molecular flexibility index (Phi) is 6.37. The number of hydrazone groups is 1. The maximum Gasteiger partial charge on any atom is 0.253 e. The quantitative estimate of drug-likeness (QED) is 0.450. The van der Waals surface area contributed by atoms with Gasteiger partial charge in [-0.15, -0.1) is 0 Å². The van der Waals surface area contributed by atoms with Gasteiger partial charge in [-0.05, 0) is 68.3 Å². The average Bonchev–Trinajstić information content (AvgIpc) is 3.54. The van der Waals surface area contributed by atoms with Gasteiger partial charge in [0.2, 0.25) is 0 Å². The van der Waals surface area contributed by atoms with Crippen molar-refractivity contribution in [1.82, 2.24) is 9.88 Å². The Morgan fingerprint density at radius 1 is 1.17 bits per heavy atom. The number of carbonyl (C=O) groups excluding carboxylic acids is 1. The minimum atomic E-state index is -0.585. The fourth-order valence-corrected chi connectivity index (χ4v) is 5.14. The first-order valence-electron chi connectivity index (χ1n) is 11.6. The summed E-state index contributed by atoms with van der Waals surface area (Å²) in [6.07, 6.45) is 3.00. The summed E-state index contributed by atoms with van der Waals surface area (Å²) in [5.74, 6) is -0.680. The highest BCUT2D eigenvalue weighted by Gasteiger charge is 2.49. The van der Waals surface area contributed by atoms with Crippen molar-refractivity contribution in [1.29, 1.82) is 0 Å². The Morgan fingerprint density at radius 3 is 2.63 bits per heavy atom. The van der Waals surface area contributed by atoms with E-state index in [1.807, 2.05) is 47.7 Å². The molecule has 4 atom stereocenters. The highest BCUT2D eigenvalue weighted by molar-refractivity contribution is 9.10. The molecule has 9 heteroatoms. The first kappa shape index (κ1) is 23.6. The monoisotopic (exact) mass is 539 g/mol. The molecule has 0 aliphatic carbocycles. The molecule has 2 aliphatic rings. The molecule has 2 aliphatic heterocycles. The second kappa shape index (κ2) is 9.47. The molecule has 3 heterocycles. The molecular formula is C26H27BrFN5O2. The van der Waals surface area contributed by atoms with E-state index in [1.165, 1.54) is 6.07 Å². The minimum absolute atomic E-state index is 0.0834. The summed E-state index contributed by atoms with van der Waals surface area (Å²) in [4.78, 5) is 18.0. The van der Waals surface area contributed by atoms with Gasteiger partial charge in [0.15, 0.2) is 0 Å². The van der Waals surface area contributed by atoms with E-state index in [2.05, 4.69) is 27.8 Å². The van der Waals surface area contributed by atoms with Crippen molar-refractivity contribution in [2.45, 2.75) is 38.6 Å². The number of carbonyl (C=O) groups is 1. The maximum absolute atomic E-state index is 14.4. The van der Waals surface area contributed by atoms with Gasteiger partial charge in [0.05, 0.1) is 23.4 Å². The zero-order chi connectivity index (χ0) is 24.7. The average molecular weight is 540 g/mol. The standard InChI is InChI=1S/C26H27BrFN5O2/c1-15-23(24(18-9-11-30-14-18)31-33(15)21-7-4-19(27)5-8-21)26-32(25(34)16(2)35-26)12-10-17-3-6-20(29)13-22(17)28/h3-9,11,13-16,23,26,30H,10,12,29H2,1-2H3/t15?,16-,23?,26-/m1/s1. The summed E-state index contributed by atoms with van der Waals surface area (Å²) < 4.78 is 21.7. The number of anilines is 2. The number of hydrogen-bond donors (Lipinski definition) is 2. The predicted octanol–water partition coefficient (Wildman–Crippen LogP) is 4.54. The van der Waals surface area contributed by atoms with E-state index < -0.39 is 12.3 Å². The number of rotatable bonds is 6. The molecule has 0 saturated carbocycles. The number of nitrogens with two attached hydrogens (primary N) is 1. The third-order valence-electron chi connectivity index (χ3n) is 6.71. The summed E-state index contributed by atoms with van der Waals surface area (Å²) in [6.45, 7) is 4.18. The zero-order valence-corrected chi connectivity index (χ0v) is 21.1. The molecule has 0 radical (unpaired) electrons. The summed E-state index contributed by atoms with van der Waals surface area (Å²) in [6, 6.07) is 14.5. The summed E-state index contributed by atoms with van der Waals surface area (Å²) in [7, 11) is 0. The highest BCUT2D eigenvalue weighted by Crippen LogP contribution is 2.37. The molecule has 7 nitrogen and oxygen atoms in total. The van der Waals surface area contributed by atoms with Gasteiger partial charge in [0, 0.05) is 34.7 Å². The van der Waals surface area contributed by atoms with Crippen LogP contribution in [0.3, 0.4) is 0 Å². The number of nitrogen functional groups attached to an aromatic ring is 1. The Hall–Kier alpha value is -3.17. The third-order valence-corrected chi connectivity index (χ3v) is 7.24. The van der Waals surface area contributed by atoms with Crippen molar-refractivity contribution in [2.24, 2.45) is 11.0 Å². The smallest absolute Gasteiger partial charge is 0.253 e. The molecule has 1 amide bonds. The van der Waals surface area contributed by atoms with Crippen LogP contribution in [0.15, 0.2) is 70.5 Å². The van der Waals surface area contributed by atoms with Gasteiger partial charge in [-0.3, -0.25) is 9.80 Å². The lowest BCUT2D eigenvalue weighted by molar-refractivity contribution is -0.130. The number of benzene rings is 2. The Balaban J connectivity index is 1.46. The number of nitrogens with one attached hydrogen (secondary N) is 1. The zero-order valence-electron chi connectivity index (χ0n) is 19.5. The van der Waals surface area contributed by atoms with Crippen LogP contribution in [0.5, 0.6) is 0 Å². The van der Waals surface area contributed by atoms with E-state index in [-0.39, 0.29) is 23.7 Å². The van der Waals surface area contributed by atoms with Crippen LogP contribution < -0.4 is 10.7 Å². The summed E-state index contributed by atoms with van der Waals surface area (Å²) in [5.41, 5.74) is 9.32. The first-order chi connectivity index (χ1) is 16.8. The first-order valence-corrected chi connectivity index (χ1v) is 12.4. The molecule has 1 fully saturated rings. The van der Waals surface area contributed by atoms with Crippen molar-refractivity contribution in [3.05, 3.63) is 82.3 Å². The van der Waals surface area contributed by atoms with Crippen LogP contribution in [-0.2, 0) is 16.0 Å². The second-order valence-electron chi connectivity index (χ2n) is 8.97. The van der Waals surface area contributed by atoms with Gasteiger partial charge < -0.3 is 20.4 Å². The van der Waals surface area contributed by atoms with Crippen molar-refractivity contribution in [2.75, 3.05) is 17.3 Å². The number of aromatic amines is 1. The van der Waals surface area contributed by atoms with Gasteiger partial charge >= 0.3 is 0 Å². The Labute approximate surface area is 211 Å². The third kappa shape index (κ3) is 4.46. The van der Waals surface area contributed by atoms with Gasteiger partial charge in [-0.1, -0.05) is 22.0 Å². The van der Waals surface area contributed by atoms with Gasteiger partial charge in [0.25, 0.3) is 5.91 Å². The van der Waals surface area contributed by atoms with Crippen LogP contribution >= 0.6 is 15.9 Å². The molecule has 3 aromatic rings. The number of ether oxygens (including phenoxy) is 1. The van der Waals surface area contributed by atoms with Crippen LogP contribution in [-0.4, -0.2) is 46.4 Å². The molecule has 5 rings (SSSR count). The van der Waals surface area contributed by atoms with Crippen molar-refractivity contribution in [3.63, 3.8) is 0 Å². The number of amides is 1. The molecule has 2 unspecified atom stereocenters. The normalized spacial score (nSPS) is 24.3. The second-order valence-corrected chi connectivity index (χ2v) is 9.89. The van der Waals surface area contributed by atoms with Crippen LogP contribution in [0, 0.1) is 11.7 Å². The van der Waals surface area contributed by atoms with Gasteiger partial charge in [-0.2, -0.15) is 5.10 Å². The lowest BCUT2D eigenvalue weighted by Crippen LogP contribution is -2.47. The van der Waals surface area contributed by atoms with Crippen LogP contribution in [0.4, 0.5) is 15.8 Å². The number of nitrogens with zero attached hydrogens (tertiary/aromatic N) is 3. The fourth-order valence-electron chi connectivity index (χ4n) is 4.87. The minimum Gasteiger partial charge on any atom is -0.399 e. The topological polar surface area (TPSA) is 86.9 Å². The van der Waals surface area contributed by atoms with Crippen molar-refractivity contribution >= 4 is 38.9 Å². The Morgan fingerprint density at radius 2 is 1.94 bits per heavy atom. The van der Waals surface area contributed by atoms with E-state index >= 15 is 0 Å². The van der Waals surface area contributed by atoms with Gasteiger partial charge in [0.1, 0.15) is 18.1 Å². The molecule has 0 spiro atoms.